The van der Waals surface area contributed by atoms with Crippen molar-refractivity contribution in [1.82, 2.24) is 19.7 Å². The largest absolute Gasteiger partial charge is 0.373 e. The first-order valence-corrected chi connectivity index (χ1v) is 7.64. The van der Waals surface area contributed by atoms with E-state index in [0.29, 0.717) is 6.04 Å². The predicted molar refractivity (Wildman–Crippen MR) is 72.8 cm³/mol. The molecule has 2 unspecified atom stereocenters. The number of nitrogens with zero attached hydrogens (tertiary/aromatic N) is 4. The smallest absolute Gasteiger partial charge is 0.136 e. The number of aliphatic hydroxyl groups excluding tert-OH is 1. The molecule has 2 aliphatic rings. The Kier molecular flexibility index (Phi) is 3.84. The number of aliphatic hydroxyl groups is 1. The second-order valence-corrected chi connectivity index (χ2v) is 5.76. The molecule has 1 N–H and O–H groups in total. The summed E-state index contributed by atoms with van der Waals surface area (Å²) in [5.74, 6) is 1.94. The monoisotopic (exact) mass is 264 g/mol. The van der Waals surface area contributed by atoms with E-state index < -0.39 is 6.23 Å². The molecule has 19 heavy (non-hydrogen) atoms. The molecule has 1 aromatic heterocycles. The number of aromatic nitrogens is 3. The van der Waals surface area contributed by atoms with E-state index in [4.69, 9.17) is 0 Å². The molecule has 0 radical (unpaired) electrons. The third-order valence-corrected chi connectivity index (χ3v) is 4.57. The highest BCUT2D eigenvalue weighted by atomic mass is 16.3. The van der Waals surface area contributed by atoms with Crippen LogP contribution in [-0.4, -0.2) is 43.9 Å². The first-order chi connectivity index (χ1) is 9.29. The number of hydrogen-bond donors (Lipinski definition) is 1. The highest BCUT2D eigenvalue weighted by Crippen LogP contribution is 2.26. The number of likely N-dealkylation sites (tertiary alicyclic amines) is 1. The Bertz CT molecular complexity index is 431. The third kappa shape index (κ3) is 2.54. The van der Waals surface area contributed by atoms with Gasteiger partial charge in [0.1, 0.15) is 17.9 Å². The van der Waals surface area contributed by atoms with Gasteiger partial charge >= 0.3 is 0 Å². The van der Waals surface area contributed by atoms with Gasteiger partial charge < -0.3 is 10.0 Å². The molecule has 3 heterocycles. The molecule has 2 atom stereocenters. The fourth-order valence-electron chi connectivity index (χ4n) is 3.50. The predicted octanol–water partition coefficient (Wildman–Crippen LogP) is 1.52. The molecular formula is C14H24N4O. The summed E-state index contributed by atoms with van der Waals surface area (Å²) in [6.45, 7) is 4.53. The molecule has 0 amide bonds. The maximum atomic E-state index is 10.2. The van der Waals surface area contributed by atoms with E-state index in [1.54, 1.807) is 0 Å². The minimum absolute atomic E-state index is 0.410. The number of aryl methyl sites for hydroxylation is 1. The average molecular weight is 264 g/mol. The third-order valence-electron chi connectivity index (χ3n) is 4.57. The van der Waals surface area contributed by atoms with Crippen LogP contribution in [0.4, 0.5) is 0 Å². The van der Waals surface area contributed by atoms with E-state index in [-0.39, 0.29) is 0 Å². The van der Waals surface area contributed by atoms with Gasteiger partial charge in [-0.2, -0.15) is 0 Å². The zero-order chi connectivity index (χ0) is 13.2. The molecule has 2 aliphatic heterocycles. The number of hydrogen-bond acceptors (Lipinski definition) is 4. The van der Waals surface area contributed by atoms with Crippen LogP contribution in [0.3, 0.4) is 0 Å². The lowest BCUT2D eigenvalue weighted by atomic mass is 9.99. The second kappa shape index (κ2) is 5.59. The van der Waals surface area contributed by atoms with Crippen LogP contribution in [0.2, 0.25) is 0 Å². The Hall–Kier alpha value is -0.940. The minimum atomic E-state index is -0.410. The SMILES string of the molecule is CCN1CCCCC1Cc1nnc2n1C(O)CCC2. The van der Waals surface area contributed by atoms with Crippen LogP contribution in [0.25, 0.3) is 0 Å². The zero-order valence-electron chi connectivity index (χ0n) is 11.8. The van der Waals surface area contributed by atoms with Crippen LogP contribution < -0.4 is 0 Å². The lowest BCUT2D eigenvalue weighted by Crippen LogP contribution is -2.41. The lowest BCUT2D eigenvalue weighted by molar-refractivity contribution is 0.0720. The fourth-order valence-corrected chi connectivity index (χ4v) is 3.50. The van der Waals surface area contributed by atoms with Crippen molar-refractivity contribution in [3.05, 3.63) is 11.6 Å². The van der Waals surface area contributed by atoms with E-state index in [1.165, 1.54) is 25.8 Å². The van der Waals surface area contributed by atoms with Crippen LogP contribution in [0.1, 0.15) is 56.9 Å². The van der Waals surface area contributed by atoms with Gasteiger partial charge in [0.05, 0.1) is 0 Å². The van der Waals surface area contributed by atoms with E-state index in [9.17, 15) is 5.11 Å². The van der Waals surface area contributed by atoms with E-state index >= 15 is 0 Å². The average Bonchev–Trinajstić information content (AvgIpc) is 2.84. The first-order valence-electron chi connectivity index (χ1n) is 7.64. The van der Waals surface area contributed by atoms with Crippen molar-refractivity contribution in [1.29, 1.82) is 0 Å². The summed E-state index contributed by atoms with van der Waals surface area (Å²) in [5.41, 5.74) is 0. The van der Waals surface area contributed by atoms with E-state index in [1.807, 2.05) is 4.57 Å². The summed E-state index contributed by atoms with van der Waals surface area (Å²) >= 11 is 0. The molecule has 0 spiro atoms. The summed E-state index contributed by atoms with van der Waals surface area (Å²) in [7, 11) is 0. The van der Waals surface area contributed by atoms with E-state index in [0.717, 1.165) is 43.9 Å². The molecule has 1 saturated heterocycles. The number of rotatable bonds is 3. The summed E-state index contributed by atoms with van der Waals surface area (Å²) < 4.78 is 1.98. The quantitative estimate of drug-likeness (QED) is 0.899. The Morgan fingerprint density at radius 1 is 1.21 bits per heavy atom. The maximum absolute atomic E-state index is 10.2. The Morgan fingerprint density at radius 3 is 2.95 bits per heavy atom. The molecule has 0 bridgehead atoms. The molecule has 5 heteroatoms. The van der Waals surface area contributed by atoms with Gasteiger partial charge in [-0.1, -0.05) is 13.3 Å². The van der Waals surface area contributed by atoms with Crippen molar-refractivity contribution in [2.24, 2.45) is 0 Å². The van der Waals surface area contributed by atoms with Crippen LogP contribution >= 0.6 is 0 Å². The van der Waals surface area contributed by atoms with Gasteiger partial charge in [0.25, 0.3) is 0 Å². The molecule has 0 aromatic carbocycles. The second-order valence-electron chi connectivity index (χ2n) is 5.76. The molecule has 0 aliphatic carbocycles. The van der Waals surface area contributed by atoms with Gasteiger partial charge in [0, 0.05) is 18.9 Å². The highest BCUT2D eigenvalue weighted by molar-refractivity contribution is 5.03. The molecular weight excluding hydrogens is 240 g/mol. The summed E-state index contributed by atoms with van der Waals surface area (Å²) in [6, 6.07) is 0.571. The molecule has 5 nitrogen and oxygen atoms in total. The van der Waals surface area contributed by atoms with Crippen LogP contribution in [0.5, 0.6) is 0 Å². The molecule has 0 saturated carbocycles. The summed E-state index contributed by atoms with van der Waals surface area (Å²) in [6.07, 6.45) is 7.18. The Labute approximate surface area is 114 Å². The topological polar surface area (TPSA) is 54.2 Å². The lowest BCUT2D eigenvalue weighted by Gasteiger charge is -2.35. The summed E-state index contributed by atoms with van der Waals surface area (Å²) in [5, 5.41) is 18.7. The number of fused-ring (bicyclic) bond motifs is 1. The van der Waals surface area contributed by atoms with Crippen LogP contribution in [0, 0.1) is 0 Å². The van der Waals surface area contributed by atoms with Crippen molar-refractivity contribution in [2.75, 3.05) is 13.1 Å². The normalized spacial score (nSPS) is 28.3. The highest BCUT2D eigenvalue weighted by Gasteiger charge is 2.27. The Morgan fingerprint density at radius 2 is 2.11 bits per heavy atom. The maximum Gasteiger partial charge on any atom is 0.136 e. The standard InChI is InChI=1S/C14H24N4O/c1-2-17-9-4-3-6-11(17)10-13-16-15-12-7-5-8-14(19)18(12)13/h11,14,19H,2-10H2,1H3. The Balaban J connectivity index is 1.77. The molecule has 1 fully saturated rings. The van der Waals surface area contributed by atoms with Gasteiger partial charge in [0.15, 0.2) is 0 Å². The van der Waals surface area contributed by atoms with Crippen molar-refractivity contribution in [3.63, 3.8) is 0 Å². The van der Waals surface area contributed by atoms with Crippen molar-refractivity contribution >= 4 is 0 Å². The number of likely N-dealkylation sites (N-methyl/N-ethyl adjacent to an activating group) is 1. The van der Waals surface area contributed by atoms with Gasteiger partial charge in [-0.15, -0.1) is 10.2 Å². The van der Waals surface area contributed by atoms with Gasteiger partial charge in [0.2, 0.25) is 0 Å². The minimum Gasteiger partial charge on any atom is -0.373 e. The molecule has 3 rings (SSSR count). The fraction of sp³-hybridized carbons (Fsp3) is 0.857. The zero-order valence-corrected chi connectivity index (χ0v) is 11.8. The summed E-state index contributed by atoms with van der Waals surface area (Å²) in [4.78, 5) is 2.54. The van der Waals surface area contributed by atoms with Crippen LogP contribution in [-0.2, 0) is 12.8 Å². The van der Waals surface area contributed by atoms with Crippen LogP contribution in [0.15, 0.2) is 0 Å². The molecule has 1 aromatic rings. The first kappa shape index (κ1) is 13.1. The van der Waals surface area contributed by atoms with Crippen molar-refractivity contribution in [2.45, 2.75) is 64.1 Å². The van der Waals surface area contributed by atoms with Crippen molar-refractivity contribution < 1.29 is 5.11 Å². The van der Waals surface area contributed by atoms with Gasteiger partial charge in [-0.05, 0) is 38.8 Å². The van der Waals surface area contributed by atoms with Gasteiger partial charge in [-0.3, -0.25) is 4.57 Å². The molecule has 106 valence electrons. The van der Waals surface area contributed by atoms with E-state index in [2.05, 4.69) is 22.0 Å². The van der Waals surface area contributed by atoms with Gasteiger partial charge in [-0.25, -0.2) is 0 Å². The number of piperidine rings is 1. The van der Waals surface area contributed by atoms with Crippen molar-refractivity contribution in [3.8, 4) is 0 Å².